The first kappa shape index (κ1) is 22.1. The minimum Gasteiger partial charge on any atom is -0.497 e. The van der Waals surface area contributed by atoms with Crippen molar-refractivity contribution in [1.82, 2.24) is 9.80 Å². The zero-order chi connectivity index (χ0) is 22.7. The number of hydrogen-bond donors (Lipinski definition) is 0. The van der Waals surface area contributed by atoms with Gasteiger partial charge in [-0.2, -0.15) is 0 Å². The molecule has 2 atom stereocenters. The van der Waals surface area contributed by atoms with Crippen LogP contribution in [-0.2, 0) is 9.53 Å². The van der Waals surface area contributed by atoms with Crippen molar-refractivity contribution >= 4 is 11.8 Å². The van der Waals surface area contributed by atoms with Crippen molar-refractivity contribution < 1.29 is 23.8 Å². The monoisotopic (exact) mass is 438 g/mol. The summed E-state index contributed by atoms with van der Waals surface area (Å²) in [6.07, 6.45) is 0. The van der Waals surface area contributed by atoms with E-state index in [4.69, 9.17) is 14.2 Å². The van der Waals surface area contributed by atoms with E-state index < -0.39 is 0 Å². The summed E-state index contributed by atoms with van der Waals surface area (Å²) < 4.78 is 16.5. The van der Waals surface area contributed by atoms with Crippen LogP contribution in [0.15, 0.2) is 42.5 Å². The fraction of sp³-hybridized carbons (Fsp3) is 0.440. The Morgan fingerprint density at radius 3 is 2.31 bits per heavy atom. The number of rotatable bonds is 5. The average molecular weight is 439 g/mol. The van der Waals surface area contributed by atoms with E-state index in [0.717, 1.165) is 11.1 Å². The molecule has 2 saturated heterocycles. The minimum atomic E-state index is -0.358. The molecule has 0 N–H and O–H groups in total. The molecule has 2 unspecified atom stereocenters. The Morgan fingerprint density at radius 1 is 0.938 bits per heavy atom. The highest BCUT2D eigenvalue weighted by molar-refractivity contribution is 5.95. The van der Waals surface area contributed by atoms with E-state index >= 15 is 0 Å². The Morgan fingerprint density at radius 2 is 1.66 bits per heavy atom. The molecular formula is C25H30N2O5. The summed E-state index contributed by atoms with van der Waals surface area (Å²) in [5.41, 5.74) is 2.62. The van der Waals surface area contributed by atoms with Crippen molar-refractivity contribution in [2.24, 2.45) is 5.92 Å². The van der Waals surface area contributed by atoms with Crippen LogP contribution in [0.5, 0.6) is 11.5 Å². The topological polar surface area (TPSA) is 68.3 Å². The summed E-state index contributed by atoms with van der Waals surface area (Å²) in [4.78, 5) is 30.5. The van der Waals surface area contributed by atoms with E-state index in [2.05, 4.69) is 0 Å². The summed E-state index contributed by atoms with van der Waals surface area (Å²) in [7, 11) is 3.23. The van der Waals surface area contributed by atoms with Crippen LogP contribution >= 0.6 is 0 Å². The van der Waals surface area contributed by atoms with Gasteiger partial charge in [-0.05, 0) is 37.3 Å². The lowest BCUT2D eigenvalue weighted by atomic mass is 9.87. The number of benzene rings is 2. The normalized spacial score (nSPS) is 20.8. The number of aryl methyl sites for hydroxylation is 1. The number of likely N-dealkylation sites (tertiary alicyclic amines) is 1. The third kappa shape index (κ3) is 4.43. The fourth-order valence-corrected chi connectivity index (χ4v) is 4.56. The zero-order valence-electron chi connectivity index (χ0n) is 18.9. The highest BCUT2D eigenvalue weighted by Crippen LogP contribution is 2.40. The third-order valence-corrected chi connectivity index (χ3v) is 6.38. The van der Waals surface area contributed by atoms with Crippen molar-refractivity contribution in [2.75, 3.05) is 53.6 Å². The van der Waals surface area contributed by atoms with Crippen LogP contribution in [0.3, 0.4) is 0 Å². The maximum absolute atomic E-state index is 13.5. The van der Waals surface area contributed by atoms with Crippen molar-refractivity contribution in [1.29, 1.82) is 0 Å². The van der Waals surface area contributed by atoms with Crippen molar-refractivity contribution in [3.63, 3.8) is 0 Å². The van der Waals surface area contributed by atoms with Crippen molar-refractivity contribution in [3.05, 3.63) is 59.2 Å². The van der Waals surface area contributed by atoms with Crippen LogP contribution in [0.25, 0.3) is 0 Å². The lowest BCUT2D eigenvalue weighted by Crippen LogP contribution is -2.45. The van der Waals surface area contributed by atoms with Gasteiger partial charge < -0.3 is 24.0 Å². The summed E-state index contributed by atoms with van der Waals surface area (Å²) in [6.45, 7) is 5.03. The van der Waals surface area contributed by atoms with Crippen LogP contribution in [0.1, 0.15) is 27.4 Å². The predicted octanol–water partition coefficient (Wildman–Crippen LogP) is 2.73. The Bertz CT molecular complexity index is 969. The number of morpholine rings is 1. The maximum Gasteiger partial charge on any atom is 0.253 e. The Hall–Kier alpha value is -3.06. The van der Waals surface area contributed by atoms with Gasteiger partial charge in [-0.25, -0.2) is 0 Å². The molecule has 0 saturated carbocycles. The second-order valence-electron chi connectivity index (χ2n) is 8.33. The second-order valence-corrected chi connectivity index (χ2v) is 8.33. The number of ether oxygens (including phenoxy) is 3. The molecule has 7 nitrogen and oxygen atoms in total. The standard InChI is InChI=1S/C25H30N2O5/c1-17-4-6-18(7-5-17)24(28)27-15-21(20-14-19(30-2)8-9-23(20)31-3)22(16-27)25(29)26-10-12-32-13-11-26/h4-9,14,21-22H,10-13,15-16H2,1-3H3. The third-order valence-electron chi connectivity index (χ3n) is 6.38. The first-order valence-electron chi connectivity index (χ1n) is 11.0. The zero-order valence-corrected chi connectivity index (χ0v) is 18.9. The van der Waals surface area contributed by atoms with Gasteiger partial charge in [0.05, 0.1) is 33.4 Å². The molecule has 0 aromatic heterocycles. The molecule has 0 spiro atoms. The van der Waals surface area contributed by atoms with E-state index in [0.29, 0.717) is 56.5 Å². The molecule has 2 fully saturated rings. The van der Waals surface area contributed by atoms with Gasteiger partial charge in [-0.3, -0.25) is 9.59 Å². The lowest BCUT2D eigenvalue weighted by Gasteiger charge is -2.31. The molecule has 2 aliphatic rings. The number of carbonyl (C=O) groups excluding carboxylic acids is 2. The summed E-state index contributed by atoms with van der Waals surface area (Å²) >= 11 is 0. The molecule has 4 rings (SSSR count). The number of methoxy groups -OCH3 is 2. The van der Waals surface area contributed by atoms with E-state index in [1.54, 1.807) is 19.1 Å². The minimum absolute atomic E-state index is 0.0578. The molecule has 32 heavy (non-hydrogen) atoms. The van der Waals surface area contributed by atoms with Gasteiger partial charge in [0.15, 0.2) is 0 Å². The van der Waals surface area contributed by atoms with Gasteiger partial charge in [-0.1, -0.05) is 17.7 Å². The molecule has 170 valence electrons. The molecule has 2 amide bonds. The molecule has 7 heteroatoms. The fourth-order valence-electron chi connectivity index (χ4n) is 4.56. The predicted molar refractivity (Wildman–Crippen MR) is 120 cm³/mol. The van der Waals surface area contributed by atoms with Crippen molar-refractivity contribution in [2.45, 2.75) is 12.8 Å². The highest BCUT2D eigenvalue weighted by atomic mass is 16.5. The van der Waals surface area contributed by atoms with Crippen LogP contribution in [0, 0.1) is 12.8 Å². The number of amides is 2. The van der Waals surface area contributed by atoms with Gasteiger partial charge in [0.25, 0.3) is 5.91 Å². The maximum atomic E-state index is 13.5. The van der Waals surface area contributed by atoms with Crippen LogP contribution < -0.4 is 9.47 Å². The number of hydrogen-bond acceptors (Lipinski definition) is 5. The molecule has 2 heterocycles. The van der Waals surface area contributed by atoms with E-state index in [9.17, 15) is 9.59 Å². The number of nitrogens with zero attached hydrogens (tertiary/aromatic N) is 2. The largest absolute Gasteiger partial charge is 0.497 e. The first-order chi connectivity index (χ1) is 15.5. The number of carbonyl (C=O) groups is 2. The first-order valence-corrected chi connectivity index (χ1v) is 11.0. The van der Waals surface area contributed by atoms with Crippen LogP contribution in [-0.4, -0.2) is 75.2 Å². The Labute approximate surface area is 188 Å². The molecule has 2 aromatic carbocycles. The molecule has 2 aromatic rings. The van der Waals surface area contributed by atoms with Gasteiger partial charge in [0.1, 0.15) is 11.5 Å². The van der Waals surface area contributed by atoms with Crippen LogP contribution in [0.2, 0.25) is 0 Å². The van der Waals surface area contributed by atoms with E-state index in [-0.39, 0.29) is 23.7 Å². The lowest BCUT2D eigenvalue weighted by molar-refractivity contribution is -0.139. The second kappa shape index (κ2) is 9.61. The van der Waals surface area contributed by atoms with Gasteiger partial charge in [0, 0.05) is 43.2 Å². The quantitative estimate of drug-likeness (QED) is 0.718. The molecule has 0 radical (unpaired) electrons. The summed E-state index contributed by atoms with van der Waals surface area (Å²) in [6, 6.07) is 13.2. The smallest absolute Gasteiger partial charge is 0.253 e. The van der Waals surface area contributed by atoms with Crippen molar-refractivity contribution in [3.8, 4) is 11.5 Å². The molecule has 2 aliphatic heterocycles. The summed E-state index contributed by atoms with van der Waals surface area (Å²) in [5.74, 6) is 0.840. The van der Waals surface area contributed by atoms with Gasteiger partial charge in [0.2, 0.25) is 5.91 Å². The van der Waals surface area contributed by atoms with E-state index in [1.807, 2.05) is 54.3 Å². The average Bonchev–Trinajstić information content (AvgIpc) is 3.29. The van der Waals surface area contributed by atoms with Gasteiger partial charge in [-0.15, -0.1) is 0 Å². The van der Waals surface area contributed by atoms with Gasteiger partial charge >= 0.3 is 0 Å². The van der Waals surface area contributed by atoms with Crippen LogP contribution in [0.4, 0.5) is 0 Å². The molecular weight excluding hydrogens is 408 g/mol. The highest BCUT2D eigenvalue weighted by Gasteiger charge is 2.43. The molecule has 0 bridgehead atoms. The molecule has 0 aliphatic carbocycles. The summed E-state index contributed by atoms with van der Waals surface area (Å²) in [5, 5.41) is 0. The SMILES string of the molecule is COc1ccc(OC)c(C2CN(C(=O)c3ccc(C)cc3)CC2C(=O)N2CCOCC2)c1. The van der Waals surface area contributed by atoms with E-state index in [1.165, 1.54) is 0 Å². The Balaban J connectivity index is 1.67. The Kier molecular flexibility index (Phi) is 6.65.